The fourth-order valence-electron chi connectivity index (χ4n) is 4.31. The first-order valence-corrected chi connectivity index (χ1v) is 15.8. The lowest BCUT2D eigenvalue weighted by molar-refractivity contribution is -0.138. The third-order valence-corrected chi connectivity index (χ3v) is 7.31. The van der Waals surface area contributed by atoms with Crippen LogP contribution >= 0.6 is 11.6 Å². The highest BCUT2D eigenvalue weighted by Crippen LogP contribution is 2.28. The summed E-state index contributed by atoms with van der Waals surface area (Å²) < 4.78 is 38.2. The first-order chi connectivity index (χ1) is 22.7. The zero-order chi connectivity index (χ0) is 33.5. The number of carbonyl (C=O) groups excluding carboxylic acids is 3. The number of benzene rings is 3. The summed E-state index contributed by atoms with van der Waals surface area (Å²) in [6, 6.07) is 17.4. The average Bonchev–Trinajstić information content (AvgIpc) is 3.06. The molecule has 0 aromatic heterocycles. The molecule has 0 unspecified atom stereocenters. The Labute approximate surface area is 279 Å². The Morgan fingerprint density at radius 3 is 1.91 bits per heavy atom. The summed E-state index contributed by atoms with van der Waals surface area (Å²) in [4.78, 5) is 36.3. The molecule has 4 rings (SSSR count). The number of esters is 3. The van der Waals surface area contributed by atoms with Gasteiger partial charge >= 0.3 is 17.9 Å². The van der Waals surface area contributed by atoms with Crippen molar-refractivity contribution in [3.8, 4) is 23.0 Å². The van der Waals surface area contributed by atoms with Crippen LogP contribution in [-0.2, 0) is 19.0 Å². The molecule has 11 heteroatoms. The minimum atomic E-state index is -0.593. The first-order valence-electron chi connectivity index (χ1n) is 15.4. The van der Waals surface area contributed by atoms with E-state index in [0.29, 0.717) is 68.0 Å². The molecule has 10 nitrogen and oxygen atoms in total. The topological polar surface area (TPSA) is 116 Å². The highest BCUT2D eigenvalue weighted by Gasteiger charge is 2.33. The molecule has 1 saturated heterocycles. The van der Waals surface area contributed by atoms with Crippen molar-refractivity contribution in [3.63, 3.8) is 0 Å². The second-order valence-electron chi connectivity index (χ2n) is 11.3. The molecule has 1 aliphatic heterocycles. The Balaban J connectivity index is 1.14. The van der Waals surface area contributed by atoms with E-state index < -0.39 is 17.9 Å². The Morgan fingerprint density at radius 1 is 0.766 bits per heavy atom. The third kappa shape index (κ3) is 11.7. The van der Waals surface area contributed by atoms with Crippen molar-refractivity contribution in [2.45, 2.75) is 32.6 Å². The number of unbranched alkanes of at least 4 members (excludes halogenated alkanes) is 2. The summed E-state index contributed by atoms with van der Waals surface area (Å²) in [5, 5.41) is 0.305. The first kappa shape index (κ1) is 35.5. The van der Waals surface area contributed by atoms with Gasteiger partial charge in [0.15, 0.2) is 0 Å². The SMILES string of the molecule is C=CC(=O)OCCCCOc1ccc(C(=O)Oc2ccc(OC(=O)c3ccc(OCCCCOCC4(C)COC4)c(Cl)c3)cc2)cc1. The third-order valence-electron chi connectivity index (χ3n) is 7.01. The van der Waals surface area contributed by atoms with Crippen LogP contribution in [0.2, 0.25) is 5.02 Å². The molecule has 0 amide bonds. The van der Waals surface area contributed by atoms with E-state index in [1.807, 2.05) is 0 Å². The molecule has 0 spiro atoms. The maximum atomic E-state index is 12.7. The molecule has 3 aromatic rings. The largest absolute Gasteiger partial charge is 0.494 e. The Kier molecular flexibility index (Phi) is 13.7. The highest BCUT2D eigenvalue weighted by molar-refractivity contribution is 6.32. The standard InChI is InChI=1S/C36H39ClO10/c1-3-33(38)45-21-7-6-19-43-28-11-8-26(9-12-28)34(39)46-29-13-15-30(16-14-29)47-35(40)27-10-17-32(31(37)22-27)44-20-5-4-18-41-23-36(2)24-42-25-36/h3,8-17,22H,1,4-7,18-21,23-25H2,2H3. The number of ether oxygens (including phenoxy) is 7. The van der Waals surface area contributed by atoms with E-state index in [1.54, 1.807) is 36.4 Å². The van der Waals surface area contributed by atoms with E-state index in [4.69, 9.17) is 44.8 Å². The zero-order valence-electron chi connectivity index (χ0n) is 26.4. The van der Waals surface area contributed by atoms with Gasteiger partial charge in [-0.3, -0.25) is 0 Å². The average molecular weight is 667 g/mol. The van der Waals surface area contributed by atoms with Crippen molar-refractivity contribution in [2.75, 3.05) is 46.2 Å². The summed E-state index contributed by atoms with van der Waals surface area (Å²) in [5.74, 6) is 0.0434. The number of hydrogen-bond acceptors (Lipinski definition) is 10. The molecule has 1 heterocycles. The van der Waals surface area contributed by atoms with Crippen molar-refractivity contribution in [2.24, 2.45) is 5.41 Å². The Bertz CT molecular complexity index is 1480. The van der Waals surface area contributed by atoms with E-state index in [0.717, 1.165) is 32.1 Å². The lowest BCUT2D eigenvalue weighted by Crippen LogP contribution is -2.43. The van der Waals surface area contributed by atoms with E-state index in [9.17, 15) is 14.4 Å². The molecule has 47 heavy (non-hydrogen) atoms. The quantitative estimate of drug-likeness (QED) is 0.0580. The van der Waals surface area contributed by atoms with Crippen molar-refractivity contribution >= 4 is 29.5 Å². The zero-order valence-corrected chi connectivity index (χ0v) is 27.1. The van der Waals surface area contributed by atoms with Crippen molar-refractivity contribution in [1.82, 2.24) is 0 Å². The van der Waals surface area contributed by atoms with Crippen LogP contribution in [0, 0.1) is 5.41 Å². The van der Waals surface area contributed by atoms with Gasteiger partial charge in [-0.05, 0) is 92.4 Å². The lowest BCUT2D eigenvalue weighted by Gasteiger charge is -2.37. The smallest absolute Gasteiger partial charge is 0.343 e. The van der Waals surface area contributed by atoms with Gasteiger partial charge in [-0.15, -0.1) is 0 Å². The van der Waals surface area contributed by atoms with Crippen LogP contribution in [0.5, 0.6) is 23.0 Å². The van der Waals surface area contributed by atoms with Crippen LogP contribution in [0.1, 0.15) is 53.3 Å². The van der Waals surface area contributed by atoms with Crippen molar-refractivity contribution in [1.29, 1.82) is 0 Å². The molecule has 0 aliphatic carbocycles. The molecule has 0 saturated carbocycles. The maximum absolute atomic E-state index is 12.7. The van der Waals surface area contributed by atoms with Crippen LogP contribution in [0.15, 0.2) is 79.4 Å². The minimum Gasteiger partial charge on any atom is -0.494 e. The fraction of sp³-hybridized carbons (Fsp3) is 0.361. The van der Waals surface area contributed by atoms with E-state index in [2.05, 4.69) is 13.5 Å². The maximum Gasteiger partial charge on any atom is 0.343 e. The molecule has 0 bridgehead atoms. The van der Waals surface area contributed by atoms with Crippen LogP contribution < -0.4 is 18.9 Å². The van der Waals surface area contributed by atoms with Gasteiger partial charge < -0.3 is 33.2 Å². The van der Waals surface area contributed by atoms with Crippen LogP contribution in [0.3, 0.4) is 0 Å². The molecule has 250 valence electrons. The Hall–Kier alpha value is -4.38. The molecular weight excluding hydrogens is 628 g/mol. The molecule has 3 aromatic carbocycles. The van der Waals surface area contributed by atoms with Gasteiger partial charge in [-0.2, -0.15) is 0 Å². The van der Waals surface area contributed by atoms with E-state index in [-0.39, 0.29) is 22.5 Å². The van der Waals surface area contributed by atoms with E-state index in [1.165, 1.54) is 30.3 Å². The number of hydrogen-bond donors (Lipinski definition) is 0. The predicted molar refractivity (Wildman–Crippen MR) is 175 cm³/mol. The monoisotopic (exact) mass is 666 g/mol. The number of rotatable bonds is 19. The molecule has 0 radical (unpaired) electrons. The molecule has 0 N–H and O–H groups in total. The summed E-state index contributed by atoms with van der Waals surface area (Å²) in [6.07, 6.45) is 4.15. The summed E-state index contributed by atoms with van der Waals surface area (Å²) >= 11 is 6.35. The van der Waals surface area contributed by atoms with Crippen LogP contribution in [0.25, 0.3) is 0 Å². The van der Waals surface area contributed by atoms with E-state index >= 15 is 0 Å². The van der Waals surface area contributed by atoms with Gasteiger partial charge in [-0.25, -0.2) is 14.4 Å². The van der Waals surface area contributed by atoms with Crippen molar-refractivity contribution in [3.05, 3.63) is 95.5 Å². The normalized spacial score (nSPS) is 13.1. The number of carbonyl (C=O) groups is 3. The second kappa shape index (κ2) is 18.1. The summed E-state index contributed by atoms with van der Waals surface area (Å²) in [7, 11) is 0. The Morgan fingerprint density at radius 2 is 1.32 bits per heavy atom. The van der Waals surface area contributed by atoms with Crippen molar-refractivity contribution < 1.29 is 47.5 Å². The van der Waals surface area contributed by atoms with Crippen LogP contribution in [-0.4, -0.2) is 64.2 Å². The second-order valence-corrected chi connectivity index (χ2v) is 11.7. The summed E-state index contributed by atoms with van der Waals surface area (Å²) in [5.41, 5.74) is 0.750. The van der Waals surface area contributed by atoms with Gasteiger partial charge in [0.05, 0.1) is 55.8 Å². The van der Waals surface area contributed by atoms with Gasteiger partial charge in [0.1, 0.15) is 23.0 Å². The van der Waals surface area contributed by atoms with Gasteiger partial charge in [-0.1, -0.05) is 25.1 Å². The van der Waals surface area contributed by atoms with Gasteiger partial charge in [0.2, 0.25) is 0 Å². The van der Waals surface area contributed by atoms with Crippen LogP contribution in [0.4, 0.5) is 0 Å². The van der Waals surface area contributed by atoms with Gasteiger partial charge in [0, 0.05) is 18.1 Å². The minimum absolute atomic E-state index is 0.145. The molecule has 1 fully saturated rings. The number of halogens is 1. The molecule has 0 atom stereocenters. The fourth-order valence-corrected chi connectivity index (χ4v) is 4.54. The molecule has 1 aliphatic rings. The van der Waals surface area contributed by atoms with Gasteiger partial charge in [0.25, 0.3) is 0 Å². The predicted octanol–water partition coefficient (Wildman–Crippen LogP) is 6.88. The molecular formula is C36H39ClO10. The summed E-state index contributed by atoms with van der Waals surface area (Å²) in [6.45, 7) is 9.56. The lowest BCUT2D eigenvalue weighted by atomic mass is 9.90. The highest BCUT2D eigenvalue weighted by atomic mass is 35.5.